The van der Waals surface area contributed by atoms with E-state index in [2.05, 4.69) is 9.47 Å². The van der Waals surface area contributed by atoms with Crippen molar-refractivity contribution >= 4 is 23.5 Å². The lowest BCUT2D eigenvalue weighted by Gasteiger charge is -2.11. The van der Waals surface area contributed by atoms with Crippen LogP contribution >= 0.6 is 0 Å². The Morgan fingerprint density at radius 3 is 1.94 bits per heavy atom. The molecule has 0 heterocycles. The van der Waals surface area contributed by atoms with E-state index in [1.54, 1.807) is 6.92 Å². The summed E-state index contributed by atoms with van der Waals surface area (Å²) < 4.78 is 9.12. The fourth-order valence-electron chi connectivity index (χ4n) is 1.16. The van der Waals surface area contributed by atoms with Gasteiger partial charge >= 0.3 is 11.9 Å². The lowest BCUT2D eigenvalue weighted by Crippen LogP contribution is -2.34. The molecule has 0 amide bonds. The molecule has 0 N–H and O–H groups in total. The van der Waals surface area contributed by atoms with Gasteiger partial charge in [-0.3, -0.25) is 14.4 Å². The first-order valence-corrected chi connectivity index (χ1v) is 5.31. The molecule has 0 unspecified atom stereocenters. The van der Waals surface area contributed by atoms with E-state index >= 15 is 0 Å². The highest BCUT2D eigenvalue weighted by molar-refractivity contribution is 6.38. The Morgan fingerprint density at radius 2 is 1.53 bits per heavy atom. The minimum absolute atomic E-state index is 0.0280. The van der Waals surface area contributed by atoms with Crippen molar-refractivity contribution in [1.82, 2.24) is 0 Å². The fraction of sp³-hybridized carbons (Fsp3) is 0.636. The SMILES string of the molecule is CCOC(=O)C(=O)[C@H](CC(C)=O)C(=O)OCC. The molecule has 0 rings (SSSR count). The standard InChI is InChI=1S/C11H16O6/c1-4-16-10(14)8(6-7(3)12)9(13)11(15)17-5-2/h8H,4-6H2,1-3H3/t8-/m0/s1. The summed E-state index contributed by atoms with van der Waals surface area (Å²) >= 11 is 0. The second kappa shape index (κ2) is 7.54. The first-order chi connectivity index (χ1) is 7.93. The normalized spacial score (nSPS) is 11.5. The molecule has 6 nitrogen and oxygen atoms in total. The van der Waals surface area contributed by atoms with Gasteiger partial charge in [-0.05, 0) is 20.8 Å². The highest BCUT2D eigenvalue weighted by Gasteiger charge is 2.34. The summed E-state index contributed by atoms with van der Waals surface area (Å²) in [5.74, 6) is -4.81. The molecule has 0 radical (unpaired) electrons. The molecule has 0 saturated carbocycles. The summed E-state index contributed by atoms with van der Waals surface area (Å²) in [5, 5.41) is 0. The third-order valence-electron chi connectivity index (χ3n) is 1.86. The molecule has 0 aliphatic heterocycles. The molecule has 1 atom stereocenters. The average Bonchev–Trinajstić information content (AvgIpc) is 2.25. The van der Waals surface area contributed by atoms with Gasteiger partial charge in [0.2, 0.25) is 0 Å². The zero-order chi connectivity index (χ0) is 13.4. The van der Waals surface area contributed by atoms with E-state index in [-0.39, 0.29) is 25.4 Å². The summed E-state index contributed by atoms with van der Waals surface area (Å²) in [7, 11) is 0. The van der Waals surface area contributed by atoms with Gasteiger partial charge in [-0.1, -0.05) is 0 Å². The van der Waals surface area contributed by atoms with E-state index in [4.69, 9.17) is 0 Å². The van der Waals surface area contributed by atoms with Gasteiger partial charge in [-0.15, -0.1) is 0 Å². The second-order valence-electron chi connectivity index (χ2n) is 3.30. The highest BCUT2D eigenvalue weighted by Crippen LogP contribution is 2.10. The predicted molar refractivity (Wildman–Crippen MR) is 57.1 cm³/mol. The van der Waals surface area contributed by atoms with Crippen LogP contribution in [0.15, 0.2) is 0 Å². The van der Waals surface area contributed by atoms with Crippen LogP contribution in [0.5, 0.6) is 0 Å². The predicted octanol–water partition coefficient (Wildman–Crippen LogP) is 0.277. The molecule has 96 valence electrons. The first-order valence-electron chi connectivity index (χ1n) is 5.31. The number of ether oxygens (including phenoxy) is 2. The maximum absolute atomic E-state index is 11.6. The molecule has 0 saturated heterocycles. The Morgan fingerprint density at radius 1 is 1.00 bits per heavy atom. The molecular weight excluding hydrogens is 228 g/mol. The van der Waals surface area contributed by atoms with E-state index in [0.717, 1.165) is 0 Å². The van der Waals surface area contributed by atoms with Crippen molar-refractivity contribution in [3.63, 3.8) is 0 Å². The largest absolute Gasteiger partial charge is 0.465 e. The number of hydrogen-bond donors (Lipinski definition) is 0. The van der Waals surface area contributed by atoms with Crippen LogP contribution in [0.25, 0.3) is 0 Å². The zero-order valence-electron chi connectivity index (χ0n) is 10.1. The Balaban J connectivity index is 4.78. The highest BCUT2D eigenvalue weighted by atomic mass is 16.5. The van der Waals surface area contributed by atoms with Crippen molar-refractivity contribution < 1.29 is 28.7 Å². The van der Waals surface area contributed by atoms with Crippen LogP contribution in [0.3, 0.4) is 0 Å². The molecule has 17 heavy (non-hydrogen) atoms. The number of rotatable bonds is 7. The van der Waals surface area contributed by atoms with Gasteiger partial charge in [0.1, 0.15) is 11.7 Å². The molecule has 0 aliphatic rings. The lowest BCUT2D eigenvalue weighted by molar-refractivity contribution is -0.162. The number of carbonyl (C=O) groups is 4. The topological polar surface area (TPSA) is 86.7 Å². The van der Waals surface area contributed by atoms with Crippen LogP contribution < -0.4 is 0 Å². The van der Waals surface area contributed by atoms with Gasteiger partial charge in [-0.25, -0.2) is 4.79 Å². The van der Waals surface area contributed by atoms with E-state index in [0.29, 0.717) is 0 Å². The van der Waals surface area contributed by atoms with E-state index < -0.39 is 23.6 Å². The van der Waals surface area contributed by atoms with Gasteiger partial charge in [0, 0.05) is 6.42 Å². The maximum atomic E-state index is 11.6. The van der Waals surface area contributed by atoms with Crippen LogP contribution in [-0.4, -0.2) is 36.7 Å². The molecule has 0 aromatic heterocycles. The number of esters is 2. The zero-order valence-corrected chi connectivity index (χ0v) is 10.1. The minimum Gasteiger partial charge on any atom is -0.465 e. The summed E-state index contributed by atoms with van der Waals surface area (Å²) in [5.41, 5.74) is 0. The third kappa shape index (κ3) is 5.24. The molecule has 0 aromatic rings. The molecule has 0 spiro atoms. The van der Waals surface area contributed by atoms with Gasteiger partial charge < -0.3 is 9.47 Å². The molecule has 0 bridgehead atoms. The summed E-state index contributed by atoms with van der Waals surface area (Å²) in [4.78, 5) is 45.1. The van der Waals surface area contributed by atoms with Crippen LogP contribution in [0.4, 0.5) is 0 Å². The maximum Gasteiger partial charge on any atom is 0.375 e. The number of Topliss-reactive ketones (excluding diaryl/α,β-unsaturated/α-hetero) is 2. The number of ketones is 2. The first kappa shape index (κ1) is 15.3. The average molecular weight is 244 g/mol. The Bertz CT molecular complexity index is 320. The van der Waals surface area contributed by atoms with Crippen LogP contribution in [0.2, 0.25) is 0 Å². The van der Waals surface area contributed by atoms with Gasteiger partial charge in [0.25, 0.3) is 5.78 Å². The van der Waals surface area contributed by atoms with Crippen molar-refractivity contribution in [2.45, 2.75) is 27.2 Å². The van der Waals surface area contributed by atoms with Crippen LogP contribution in [0.1, 0.15) is 27.2 Å². The van der Waals surface area contributed by atoms with Crippen molar-refractivity contribution in [2.24, 2.45) is 5.92 Å². The van der Waals surface area contributed by atoms with Gasteiger partial charge in [0.05, 0.1) is 13.2 Å². The summed E-state index contributed by atoms with van der Waals surface area (Å²) in [6.45, 7) is 4.43. The van der Waals surface area contributed by atoms with E-state index in [1.807, 2.05) is 0 Å². The van der Waals surface area contributed by atoms with Crippen LogP contribution in [0, 0.1) is 5.92 Å². The van der Waals surface area contributed by atoms with E-state index in [9.17, 15) is 19.2 Å². The molecular formula is C11H16O6. The minimum atomic E-state index is -1.40. The molecule has 0 aromatic carbocycles. The van der Waals surface area contributed by atoms with Gasteiger partial charge in [-0.2, -0.15) is 0 Å². The van der Waals surface area contributed by atoms with Crippen molar-refractivity contribution in [3.8, 4) is 0 Å². The monoisotopic (exact) mass is 244 g/mol. The summed E-state index contributed by atoms with van der Waals surface area (Å²) in [6, 6.07) is 0. The van der Waals surface area contributed by atoms with Crippen LogP contribution in [-0.2, 0) is 28.7 Å². The molecule has 6 heteroatoms. The quantitative estimate of drug-likeness (QED) is 0.363. The smallest absolute Gasteiger partial charge is 0.375 e. The second-order valence-corrected chi connectivity index (χ2v) is 3.30. The summed E-state index contributed by atoms with van der Waals surface area (Å²) in [6.07, 6.45) is -0.351. The molecule has 0 aliphatic carbocycles. The fourth-order valence-corrected chi connectivity index (χ4v) is 1.16. The van der Waals surface area contributed by atoms with E-state index in [1.165, 1.54) is 13.8 Å². The van der Waals surface area contributed by atoms with Crippen molar-refractivity contribution in [1.29, 1.82) is 0 Å². The Labute approximate surface area is 99.3 Å². The van der Waals surface area contributed by atoms with Gasteiger partial charge in [0.15, 0.2) is 0 Å². The number of carbonyl (C=O) groups excluding carboxylic acids is 4. The third-order valence-corrected chi connectivity index (χ3v) is 1.86. The Hall–Kier alpha value is -1.72. The van der Waals surface area contributed by atoms with Crippen molar-refractivity contribution in [2.75, 3.05) is 13.2 Å². The number of hydrogen-bond acceptors (Lipinski definition) is 6. The Kier molecular flexibility index (Phi) is 6.77. The van der Waals surface area contributed by atoms with Crippen molar-refractivity contribution in [3.05, 3.63) is 0 Å². The molecule has 0 fully saturated rings. The lowest BCUT2D eigenvalue weighted by atomic mass is 9.98.